The van der Waals surface area contributed by atoms with Crippen LogP contribution in [0.3, 0.4) is 0 Å². The number of halogens is 1. The second kappa shape index (κ2) is 6.12. The van der Waals surface area contributed by atoms with Crippen molar-refractivity contribution < 1.29 is 23.5 Å². The second-order valence-corrected chi connectivity index (χ2v) is 6.40. The first kappa shape index (κ1) is 17.1. The van der Waals surface area contributed by atoms with Gasteiger partial charge in [-0.3, -0.25) is 14.6 Å². The molecule has 3 atom stereocenters. The van der Waals surface area contributed by atoms with Gasteiger partial charge in [0.2, 0.25) is 11.8 Å². The molecular formula is C20H15FN2O4. The van der Waals surface area contributed by atoms with E-state index in [4.69, 9.17) is 4.74 Å². The summed E-state index contributed by atoms with van der Waals surface area (Å²) < 4.78 is 18.8. The van der Waals surface area contributed by atoms with Crippen molar-refractivity contribution in [1.29, 1.82) is 0 Å². The minimum atomic E-state index is -1.79. The molecule has 2 aliphatic rings. The van der Waals surface area contributed by atoms with Crippen molar-refractivity contribution in [2.75, 3.05) is 12.0 Å². The first-order valence-electron chi connectivity index (χ1n) is 8.33. The van der Waals surface area contributed by atoms with Gasteiger partial charge in [0.15, 0.2) is 5.54 Å². The Bertz CT molecular complexity index is 975. The molecule has 0 unspecified atom stereocenters. The van der Waals surface area contributed by atoms with Crippen LogP contribution in [0, 0.1) is 17.7 Å². The summed E-state index contributed by atoms with van der Waals surface area (Å²) in [4.78, 5) is 44.1. The summed E-state index contributed by atoms with van der Waals surface area (Å²) in [6.45, 7) is 0. The molecule has 0 spiro atoms. The van der Waals surface area contributed by atoms with Crippen LogP contribution in [0.25, 0.3) is 0 Å². The molecule has 0 N–H and O–H groups in total. The number of hydrogen-bond donors (Lipinski definition) is 0. The highest BCUT2D eigenvalue weighted by atomic mass is 19.1. The van der Waals surface area contributed by atoms with E-state index in [1.165, 1.54) is 31.5 Å². The first-order valence-corrected chi connectivity index (χ1v) is 8.33. The molecule has 4 rings (SSSR count). The Morgan fingerprint density at radius 2 is 1.85 bits per heavy atom. The number of aliphatic imine (C=N–C) groups is 1. The third-order valence-electron chi connectivity index (χ3n) is 5.02. The SMILES string of the molecule is COC(=O)[C@@]1(c2cccc(F)c2)N=C[C@H]2C(=O)N(c3ccccc3)C(=O)[C@H]21. The van der Waals surface area contributed by atoms with Gasteiger partial charge in [0.05, 0.1) is 24.6 Å². The van der Waals surface area contributed by atoms with Gasteiger partial charge < -0.3 is 4.74 Å². The van der Waals surface area contributed by atoms with Gasteiger partial charge >= 0.3 is 5.97 Å². The molecule has 2 aromatic rings. The van der Waals surface area contributed by atoms with Gasteiger partial charge in [0.1, 0.15) is 5.82 Å². The number of para-hydroxylation sites is 1. The van der Waals surface area contributed by atoms with E-state index in [9.17, 15) is 18.8 Å². The molecule has 0 aliphatic carbocycles. The highest BCUT2D eigenvalue weighted by Gasteiger charge is 2.65. The third kappa shape index (κ3) is 2.31. The number of carbonyl (C=O) groups is 3. The van der Waals surface area contributed by atoms with Crippen LogP contribution in [0.5, 0.6) is 0 Å². The minimum Gasteiger partial charge on any atom is -0.467 e. The van der Waals surface area contributed by atoms with Crippen molar-refractivity contribution in [2.45, 2.75) is 5.54 Å². The number of amides is 2. The molecule has 2 heterocycles. The number of carbonyl (C=O) groups excluding carboxylic acids is 3. The molecule has 0 aromatic heterocycles. The van der Waals surface area contributed by atoms with Crippen molar-refractivity contribution in [3.63, 3.8) is 0 Å². The van der Waals surface area contributed by atoms with E-state index in [1.807, 2.05) is 0 Å². The van der Waals surface area contributed by atoms with E-state index in [1.54, 1.807) is 30.3 Å². The summed E-state index contributed by atoms with van der Waals surface area (Å²) in [6, 6.07) is 13.7. The molecule has 136 valence electrons. The molecular weight excluding hydrogens is 351 g/mol. The molecule has 2 aromatic carbocycles. The molecule has 1 fully saturated rings. The van der Waals surface area contributed by atoms with Crippen LogP contribution < -0.4 is 4.90 Å². The van der Waals surface area contributed by atoms with Gasteiger partial charge in [0.25, 0.3) is 0 Å². The predicted octanol–water partition coefficient (Wildman–Crippen LogP) is 2.08. The fraction of sp³-hybridized carbons (Fsp3) is 0.200. The molecule has 0 radical (unpaired) electrons. The third-order valence-corrected chi connectivity index (χ3v) is 5.02. The van der Waals surface area contributed by atoms with Crippen LogP contribution in [0.15, 0.2) is 59.6 Å². The summed E-state index contributed by atoms with van der Waals surface area (Å²) in [5.74, 6) is -4.47. The van der Waals surface area contributed by atoms with Crippen LogP contribution >= 0.6 is 0 Å². The molecule has 2 aliphatic heterocycles. The lowest BCUT2D eigenvalue weighted by atomic mass is 9.76. The fourth-order valence-electron chi connectivity index (χ4n) is 3.82. The summed E-state index contributed by atoms with van der Waals surface area (Å²) in [6.07, 6.45) is 1.30. The summed E-state index contributed by atoms with van der Waals surface area (Å²) in [7, 11) is 1.17. The normalized spacial score (nSPS) is 26.4. The van der Waals surface area contributed by atoms with Crippen molar-refractivity contribution >= 4 is 29.7 Å². The lowest BCUT2D eigenvalue weighted by Gasteiger charge is -2.29. The maximum absolute atomic E-state index is 13.9. The zero-order valence-electron chi connectivity index (χ0n) is 14.3. The van der Waals surface area contributed by atoms with E-state index in [2.05, 4.69) is 4.99 Å². The number of ether oxygens (including phenoxy) is 1. The number of rotatable bonds is 3. The van der Waals surface area contributed by atoms with Crippen LogP contribution in [0.4, 0.5) is 10.1 Å². The smallest absolute Gasteiger partial charge is 0.339 e. The molecule has 2 amide bonds. The number of anilines is 1. The maximum Gasteiger partial charge on any atom is 0.339 e. The van der Waals surface area contributed by atoms with Crippen molar-refractivity contribution in [2.24, 2.45) is 16.8 Å². The maximum atomic E-state index is 13.9. The van der Waals surface area contributed by atoms with Crippen LogP contribution in [0.2, 0.25) is 0 Å². The van der Waals surface area contributed by atoms with Crippen LogP contribution in [0.1, 0.15) is 5.56 Å². The Balaban J connectivity index is 1.87. The summed E-state index contributed by atoms with van der Waals surface area (Å²) in [5.41, 5.74) is -1.21. The van der Waals surface area contributed by atoms with Gasteiger partial charge in [0, 0.05) is 6.21 Å². The van der Waals surface area contributed by atoms with E-state index < -0.39 is 41.0 Å². The molecule has 0 saturated carbocycles. The van der Waals surface area contributed by atoms with Gasteiger partial charge in [-0.2, -0.15) is 0 Å². The number of esters is 1. The van der Waals surface area contributed by atoms with Crippen molar-refractivity contribution in [1.82, 2.24) is 0 Å². The predicted molar refractivity (Wildman–Crippen MR) is 94.5 cm³/mol. The van der Waals surface area contributed by atoms with Crippen LogP contribution in [-0.4, -0.2) is 31.1 Å². The fourth-order valence-corrected chi connectivity index (χ4v) is 3.82. The number of methoxy groups -OCH3 is 1. The molecule has 1 saturated heterocycles. The van der Waals surface area contributed by atoms with Crippen molar-refractivity contribution in [3.05, 3.63) is 66.0 Å². The quantitative estimate of drug-likeness (QED) is 0.616. The Morgan fingerprint density at radius 1 is 1.11 bits per heavy atom. The van der Waals surface area contributed by atoms with Gasteiger partial charge in [-0.05, 0) is 29.8 Å². The standard InChI is InChI=1S/C20H15FN2O4/c1-27-19(26)20(12-6-5-7-13(21)10-12)16-15(11-22-20)17(24)23(18(16)25)14-8-3-2-4-9-14/h2-11,15-16H,1H3/t15-,16+,20+/m1/s1. The highest BCUT2D eigenvalue weighted by molar-refractivity contribution is 6.28. The number of imide groups is 1. The van der Waals surface area contributed by atoms with E-state index in [-0.39, 0.29) is 5.56 Å². The minimum absolute atomic E-state index is 0.175. The molecule has 7 heteroatoms. The Labute approximate surface area is 154 Å². The molecule has 0 bridgehead atoms. The van der Waals surface area contributed by atoms with Crippen LogP contribution in [-0.2, 0) is 24.7 Å². The summed E-state index contributed by atoms with van der Waals surface area (Å²) >= 11 is 0. The molecule has 6 nitrogen and oxygen atoms in total. The van der Waals surface area contributed by atoms with Gasteiger partial charge in [-0.1, -0.05) is 30.3 Å². The Hall–Kier alpha value is -3.35. The largest absolute Gasteiger partial charge is 0.467 e. The van der Waals surface area contributed by atoms with Gasteiger partial charge in [-0.15, -0.1) is 0 Å². The van der Waals surface area contributed by atoms with E-state index in [0.29, 0.717) is 5.69 Å². The second-order valence-electron chi connectivity index (χ2n) is 6.40. The monoisotopic (exact) mass is 366 g/mol. The van der Waals surface area contributed by atoms with Crippen molar-refractivity contribution in [3.8, 4) is 0 Å². The molecule has 27 heavy (non-hydrogen) atoms. The Morgan fingerprint density at radius 3 is 2.52 bits per heavy atom. The number of nitrogens with zero attached hydrogens (tertiary/aromatic N) is 2. The first-order chi connectivity index (χ1) is 13.0. The highest BCUT2D eigenvalue weighted by Crippen LogP contribution is 2.48. The zero-order valence-corrected chi connectivity index (χ0v) is 14.3. The van der Waals surface area contributed by atoms with E-state index in [0.717, 1.165) is 11.0 Å². The number of hydrogen-bond acceptors (Lipinski definition) is 5. The number of benzene rings is 2. The number of fused-ring (bicyclic) bond motifs is 1. The lowest BCUT2D eigenvalue weighted by molar-refractivity contribution is -0.151. The zero-order chi connectivity index (χ0) is 19.2. The Kier molecular flexibility index (Phi) is 3.87. The van der Waals surface area contributed by atoms with Gasteiger partial charge in [-0.25, -0.2) is 14.1 Å². The lowest BCUT2D eigenvalue weighted by Crippen LogP contribution is -2.45. The van der Waals surface area contributed by atoms with E-state index >= 15 is 0 Å². The average Bonchev–Trinajstić information content (AvgIpc) is 3.20. The summed E-state index contributed by atoms with van der Waals surface area (Å²) in [5, 5.41) is 0. The topological polar surface area (TPSA) is 76.0 Å². The average molecular weight is 366 g/mol.